The van der Waals surface area contributed by atoms with E-state index in [0.717, 1.165) is 19.7 Å². The van der Waals surface area contributed by atoms with Gasteiger partial charge in [0, 0.05) is 24.6 Å². The number of hydrogen-bond acceptors (Lipinski definition) is 4. The van der Waals surface area contributed by atoms with E-state index in [1.807, 2.05) is 11.3 Å². The predicted molar refractivity (Wildman–Crippen MR) is 84.1 cm³/mol. The summed E-state index contributed by atoms with van der Waals surface area (Å²) >= 11 is 1.86. The summed E-state index contributed by atoms with van der Waals surface area (Å²) in [6.07, 6.45) is 3.66. The molecule has 1 heterocycles. The zero-order valence-electron chi connectivity index (χ0n) is 12.5. The van der Waals surface area contributed by atoms with Crippen LogP contribution in [0, 0.1) is 0 Å². The van der Waals surface area contributed by atoms with Crippen LogP contribution in [0.25, 0.3) is 0 Å². The van der Waals surface area contributed by atoms with Gasteiger partial charge in [-0.15, -0.1) is 11.3 Å². The molecule has 110 valence electrons. The maximum atomic E-state index is 5.00. The van der Waals surface area contributed by atoms with Crippen molar-refractivity contribution >= 4 is 11.3 Å². The van der Waals surface area contributed by atoms with E-state index >= 15 is 0 Å². The third-order valence-corrected chi connectivity index (χ3v) is 4.33. The van der Waals surface area contributed by atoms with E-state index in [4.69, 9.17) is 4.74 Å². The van der Waals surface area contributed by atoms with Gasteiger partial charge in [0.25, 0.3) is 0 Å². The highest BCUT2D eigenvalue weighted by molar-refractivity contribution is 7.09. The highest BCUT2D eigenvalue weighted by Crippen LogP contribution is 2.13. The maximum absolute atomic E-state index is 5.00. The molecule has 1 aromatic heterocycles. The van der Waals surface area contributed by atoms with Gasteiger partial charge in [-0.1, -0.05) is 6.07 Å². The summed E-state index contributed by atoms with van der Waals surface area (Å²) in [5.74, 6) is 0. The second kappa shape index (κ2) is 10.4. The van der Waals surface area contributed by atoms with Gasteiger partial charge < -0.3 is 15.0 Å². The fraction of sp³-hybridized carbons (Fsp3) is 0.733. The fourth-order valence-electron chi connectivity index (χ4n) is 2.01. The second-order valence-electron chi connectivity index (χ2n) is 5.06. The van der Waals surface area contributed by atoms with Gasteiger partial charge in [-0.25, -0.2) is 0 Å². The Morgan fingerprint density at radius 1 is 1.37 bits per heavy atom. The summed E-state index contributed by atoms with van der Waals surface area (Å²) in [5.41, 5.74) is 0. The van der Waals surface area contributed by atoms with Crippen molar-refractivity contribution in [1.29, 1.82) is 0 Å². The summed E-state index contributed by atoms with van der Waals surface area (Å²) in [6.45, 7) is 6.35. The van der Waals surface area contributed by atoms with E-state index in [-0.39, 0.29) is 0 Å². The van der Waals surface area contributed by atoms with Gasteiger partial charge in [0.15, 0.2) is 0 Å². The summed E-state index contributed by atoms with van der Waals surface area (Å²) < 4.78 is 5.00. The lowest BCUT2D eigenvalue weighted by molar-refractivity contribution is 0.199. The summed E-state index contributed by atoms with van der Waals surface area (Å²) in [7, 11) is 3.97. The van der Waals surface area contributed by atoms with Crippen LogP contribution in [0.1, 0.15) is 24.6 Å². The van der Waals surface area contributed by atoms with Crippen LogP contribution in [0.2, 0.25) is 0 Å². The standard InChI is InChI=1S/C15H28N2OS/c1-14(13-15-7-6-12-19-15)17(2)10-5-4-8-16-9-11-18-3/h6-7,12,14,16H,4-5,8-11,13H2,1-3H3. The lowest BCUT2D eigenvalue weighted by Crippen LogP contribution is -2.32. The van der Waals surface area contributed by atoms with Gasteiger partial charge in [-0.3, -0.25) is 0 Å². The number of likely N-dealkylation sites (N-methyl/N-ethyl adjacent to an activating group) is 1. The van der Waals surface area contributed by atoms with Crippen molar-refractivity contribution in [3.63, 3.8) is 0 Å². The van der Waals surface area contributed by atoms with Crippen LogP contribution < -0.4 is 5.32 Å². The van der Waals surface area contributed by atoms with Crippen molar-refractivity contribution in [2.45, 2.75) is 32.2 Å². The Morgan fingerprint density at radius 2 is 2.21 bits per heavy atom. The molecule has 1 N–H and O–H groups in total. The molecule has 0 aromatic carbocycles. The molecule has 1 aromatic rings. The number of unbranched alkanes of at least 4 members (excludes halogenated alkanes) is 1. The van der Waals surface area contributed by atoms with Gasteiger partial charge in [0.2, 0.25) is 0 Å². The molecule has 0 radical (unpaired) electrons. The largest absolute Gasteiger partial charge is 0.383 e. The van der Waals surface area contributed by atoms with Crippen molar-refractivity contribution in [3.8, 4) is 0 Å². The van der Waals surface area contributed by atoms with E-state index in [1.54, 1.807) is 7.11 Å². The zero-order valence-corrected chi connectivity index (χ0v) is 13.3. The first-order valence-electron chi connectivity index (χ1n) is 7.16. The summed E-state index contributed by atoms with van der Waals surface area (Å²) in [6, 6.07) is 4.99. The van der Waals surface area contributed by atoms with Crippen LogP contribution in [0.3, 0.4) is 0 Å². The van der Waals surface area contributed by atoms with Crippen LogP contribution in [0.4, 0.5) is 0 Å². The minimum atomic E-state index is 0.625. The highest BCUT2D eigenvalue weighted by atomic mass is 32.1. The zero-order chi connectivity index (χ0) is 13.9. The Hall–Kier alpha value is -0.420. The molecule has 0 fully saturated rings. The summed E-state index contributed by atoms with van der Waals surface area (Å²) in [4.78, 5) is 3.95. The van der Waals surface area contributed by atoms with E-state index in [2.05, 4.69) is 41.7 Å². The molecule has 1 rings (SSSR count). The maximum Gasteiger partial charge on any atom is 0.0587 e. The molecule has 1 unspecified atom stereocenters. The first-order chi connectivity index (χ1) is 9.24. The molecule has 3 nitrogen and oxygen atoms in total. The van der Waals surface area contributed by atoms with Gasteiger partial charge >= 0.3 is 0 Å². The number of nitrogens with zero attached hydrogens (tertiary/aromatic N) is 1. The molecule has 0 aliphatic carbocycles. The van der Waals surface area contributed by atoms with Gasteiger partial charge in [0.1, 0.15) is 0 Å². The molecule has 0 spiro atoms. The Balaban J connectivity index is 2.02. The topological polar surface area (TPSA) is 24.5 Å². The van der Waals surface area contributed by atoms with Crippen molar-refractivity contribution < 1.29 is 4.74 Å². The van der Waals surface area contributed by atoms with E-state index < -0.39 is 0 Å². The second-order valence-corrected chi connectivity index (χ2v) is 6.10. The van der Waals surface area contributed by atoms with Crippen molar-refractivity contribution in [2.24, 2.45) is 0 Å². The first-order valence-corrected chi connectivity index (χ1v) is 8.04. The smallest absolute Gasteiger partial charge is 0.0587 e. The highest BCUT2D eigenvalue weighted by Gasteiger charge is 2.09. The molecule has 0 aliphatic heterocycles. The predicted octanol–water partition coefficient (Wildman–Crippen LogP) is 2.63. The number of rotatable bonds is 11. The Morgan fingerprint density at radius 3 is 2.89 bits per heavy atom. The van der Waals surface area contributed by atoms with Crippen molar-refractivity contribution in [2.75, 3.05) is 40.4 Å². The van der Waals surface area contributed by atoms with E-state index in [1.165, 1.54) is 30.7 Å². The van der Waals surface area contributed by atoms with Crippen LogP contribution in [-0.4, -0.2) is 51.3 Å². The van der Waals surface area contributed by atoms with Crippen molar-refractivity contribution in [1.82, 2.24) is 10.2 Å². The fourth-order valence-corrected chi connectivity index (χ4v) is 2.83. The molecule has 0 saturated heterocycles. The molecule has 19 heavy (non-hydrogen) atoms. The number of hydrogen-bond donors (Lipinski definition) is 1. The third kappa shape index (κ3) is 7.67. The molecular formula is C15H28N2OS. The van der Waals surface area contributed by atoms with Crippen molar-refractivity contribution in [3.05, 3.63) is 22.4 Å². The Labute approximate surface area is 122 Å². The van der Waals surface area contributed by atoms with E-state index in [0.29, 0.717) is 6.04 Å². The quantitative estimate of drug-likeness (QED) is 0.632. The molecule has 0 amide bonds. The SMILES string of the molecule is COCCNCCCCN(C)C(C)Cc1cccs1. The third-order valence-electron chi connectivity index (χ3n) is 3.43. The van der Waals surface area contributed by atoms with Crippen LogP contribution >= 0.6 is 11.3 Å². The van der Waals surface area contributed by atoms with Gasteiger partial charge in [-0.05, 0) is 57.8 Å². The molecule has 1 atom stereocenters. The minimum Gasteiger partial charge on any atom is -0.383 e. The van der Waals surface area contributed by atoms with Crippen LogP contribution in [0.15, 0.2) is 17.5 Å². The number of nitrogens with one attached hydrogen (secondary N) is 1. The lowest BCUT2D eigenvalue weighted by Gasteiger charge is -2.24. The van der Waals surface area contributed by atoms with Crippen LogP contribution in [0.5, 0.6) is 0 Å². The molecule has 4 heteroatoms. The monoisotopic (exact) mass is 284 g/mol. The first kappa shape index (κ1) is 16.6. The molecule has 0 aliphatic rings. The van der Waals surface area contributed by atoms with Crippen LogP contribution in [-0.2, 0) is 11.2 Å². The average molecular weight is 284 g/mol. The van der Waals surface area contributed by atoms with Gasteiger partial charge in [0.05, 0.1) is 6.61 Å². The number of thiophene rings is 1. The lowest BCUT2D eigenvalue weighted by atomic mass is 10.1. The summed E-state index contributed by atoms with van der Waals surface area (Å²) in [5, 5.41) is 5.54. The number of methoxy groups -OCH3 is 1. The van der Waals surface area contributed by atoms with E-state index in [9.17, 15) is 0 Å². The molecule has 0 saturated carbocycles. The number of ether oxygens (including phenoxy) is 1. The molecular weight excluding hydrogens is 256 g/mol. The Bertz CT molecular complexity index is 303. The molecule has 0 bridgehead atoms. The normalized spacial score (nSPS) is 13.1. The Kier molecular flexibility index (Phi) is 9.08. The average Bonchev–Trinajstić information content (AvgIpc) is 2.90. The minimum absolute atomic E-state index is 0.625. The van der Waals surface area contributed by atoms with Gasteiger partial charge in [-0.2, -0.15) is 0 Å².